The smallest absolute Gasteiger partial charge is 0.410 e. The second-order valence-electron chi connectivity index (χ2n) is 14.1. The highest BCUT2D eigenvalue weighted by molar-refractivity contribution is 6.35. The van der Waals surface area contributed by atoms with Crippen LogP contribution < -0.4 is 5.69 Å². The van der Waals surface area contributed by atoms with Gasteiger partial charge in [0.1, 0.15) is 0 Å². The molecule has 0 saturated carbocycles. The molecule has 0 radical (unpaired) electrons. The lowest BCUT2D eigenvalue weighted by Gasteiger charge is -2.42. The zero-order valence-corrected chi connectivity index (χ0v) is 29.1. The van der Waals surface area contributed by atoms with Gasteiger partial charge in [0.2, 0.25) is 0 Å². The van der Waals surface area contributed by atoms with Gasteiger partial charge in [0.15, 0.2) is 6.10 Å². The summed E-state index contributed by atoms with van der Waals surface area (Å²) in [6, 6.07) is 16.2. The van der Waals surface area contributed by atoms with Crippen molar-refractivity contribution < 1.29 is 14.3 Å². The average molecular weight is 699 g/mol. The molecular weight excluding hydrogens is 656 g/mol. The van der Waals surface area contributed by atoms with E-state index in [-0.39, 0.29) is 24.1 Å². The van der Waals surface area contributed by atoms with E-state index in [2.05, 4.69) is 32.0 Å². The van der Waals surface area contributed by atoms with Gasteiger partial charge in [0.25, 0.3) is 5.91 Å². The van der Waals surface area contributed by atoms with Crippen molar-refractivity contribution >= 4 is 56.3 Å². The predicted octanol–water partition coefficient (Wildman–Crippen LogP) is 4.64. The number of benzene rings is 3. The van der Waals surface area contributed by atoms with Crippen LogP contribution in [0.4, 0.5) is 4.79 Å². The van der Waals surface area contributed by atoms with Crippen molar-refractivity contribution in [1.29, 1.82) is 0 Å². The maximum absolute atomic E-state index is 14.1. The van der Waals surface area contributed by atoms with Gasteiger partial charge in [-0.15, -0.1) is 0 Å². The first-order valence-electron chi connectivity index (χ1n) is 17.7. The molecule has 0 unspecified atom stereocenters. The molecule has 2 aromatic heterocycles. The summed E-state index contributed by atoms with van der Waals surface area (Å²) in [5.74, 6) is -0.175. The Hall–Kier alpha value is -4.39. The van der Waals surface area contributed by atoms with Crippen molar-refractivity contribution in [1.82, 2.24) is 39.3 Å². The number of aromatic amines is 2. The summed E-state index contributed by atoms with van der Waals surface area (Å²) in [6.07, 6.45) is 3.40. The summed E-state index contributed by atoms with van der Waals surface area (Å²) < 4.78 is 7.94. The summed E-state index contributed by atoms with van der Waals surface area (Å²) >= 11 is 6.56. The van der Waals surface area contributed by atoms with E-state index in [1.165, 1.54) is 0 Å². The van der Waals surface area contributed by atoms with Crippen LogP contribution in [0.1, 0.15) is 37.3 Å². The van der Waals surface area contributed by atoms with Crippen LogP contribution in [-0.2, 0) is 16.0 Å². The van der Waals surface area contributed by atoms with Crippen molar-refractivity contribution in [2.75, 3.05) is 59.4 Å². The number of H-pyrrole nitrogens is 2. The number of fused-ring (bicyclic) bond motifs is 4. The fraction of sp³-hybridized carbons (Fsp3) is 0.459. The number of halogens is 1. The van der Waals surface area contributed by atoms with E-state index in [0.717, 1.165) is 77.3 Å². The molecular formula is C37H43ClN8O4. The van der Waals surface area contributed by atoms with Gasteiger partial charge in [-0.3, -0.25) is 19.4 Å². The van der Waals surface area contributed by atoms with Gasteiger partial charge in [-0.25, -0.2) is 9.59 Å². The van der Waals surface area contributed by atoms with Gasteiger partial charge in [-0.2, -0.15) is 5.10 Å². The van der Waals surface area contributed by atoms with E-state index in [4.69, 9.17) is 16.3 Å². The van der Waals surface area contributed by atoms with Gasteiger partial charge < -0.3 is 24.4 Å². The normalized spacial score (nSPS) is 19.5. The van der Waals surface area contributed by atoms with Gasteiger partial charge in [-0.05, 0) is 61.9 Å². The highest BCUT2D eigenvalue weighted by Gasteiger charge is 2.35. The summed E-state index contributed by atoms with van der Waals surface area (Å²) in [6.45, 7) is 6.32. The predicted molar refractivity (Wildman–Crippen MR) is 194 cm³/mol. The van der Waals surface area contributed by atoms with Crippen LogP contribution in [0.5, 0.6) is 0 Å². The SMILES string of the molecule is CN1CCN(C2CCN(C(=O)[C@@H](Cc3cc(Cl)c4[nH]ncc4c3)OC(=O)N3CCC(n4c(=O)[nH]c5c6ccccc6ccc54)CC3)CC2)CC1. The largest absolute Gasteiger partial charge is 0.436 e. The molecule has 2 N–H and O–H groups in total. The number of amides is 2. The molecule has 3 aromatic carbocycles. The molecule has 50 heavy (non-hydrogen) atoms. The highest BCUT2D eigenvalue weighted by Crippen LogP contribution is 2.30. The molecule has 3 aliphatic heterocycles. The fourth-order valence-corrected chi connectivity index (χ4v) is 8.45. The number of likely N-dealkylation sites (N-methyl/N-ethyl adjacent to an activating group) is 1. The monoisotopic (exact) mass is 698 g/mol. The number of ether oxygens (including phenoxy) is 1. The first kappa shape index (κ1) is 32.8. The van der Waals surface area contributed by atoms with E-state index < -0.39 is 12.2 Å². The number of aromatic nitrogens is 4. The van der Waals surface area contributed by atoms with Crippen molar-refractivity contribution in [3.8, 4) is 0 Å². The van der Waals surface area contributed by atoms with Crippen LogP contribution in [0.3, 0.4) is 0 Å². The molecule has 5 aromatic rings. The Morgan fingerprint density at radius 3 is 2.38 bits per heavy atom. The van der Waals surface area contributed by atoms with Crippen LogP contribution in [0.15, 0.2) is 59.5 Å². The van der Waals surface area contributed by atoms with Crippen molar-refractivity contribution in [3.05, 3.63) is 75.8 Å². The third kappa shape index (κ3) is 6.36. The zero-order chi connectivity index (χ0) is 34.4. The van der Waals surface area contributed by atoms with E-state index in [1.54, 1.807) is 11.1 Å². The molecule has 0 aliphatic carbocycles. The molecule has 3 aliphatic rings. The molecule has 3 saturated heterocycles. The standard InChI is InChI=1S/C37H43ClN8O4/c1-42-16-18-43(19-17-42)27-8-12-44(13-9-27)35(47)32(22-24-20-26-23-39-41-33(26)30(38)21-24)50-37(49)45-14-10-28(11-15-45)46-31-7-6-25-4-2-3-5-29(25)34(31)40-36(46)48/h2-7,20-21,23,27-28,32H,8-19,22H2,1H3,(H,39,41)(H,40,48)/t32-/m1/s1. The number of imidazole rings is 1. The average Bonchev–Trinajstić information content (AvgIpc) is 3.76. The Kier molecular flexibility index (Phi) is 9.00. The van der Waals surface area contributed by atoms with E-state index in [1.807, 2.05) is 58.0 Å². The Balaban J connectivity index is 0.961. The van der Waals surface area contributed by atoms with E-state index in [9.17, 15) is 14.4 Å². The fourth-order valence-electron chi connectivity index (χ4n) is 8.16. The van der Waals surface area contributed by atoms with Crippen LogP contribution in [0.2, 0.25) is 5.02 Å². The molecule has 2 amide bonds. The lowest BCUT2D eigenvalue weighted by molar-refractivity contribution is -0.142. The lowest BCUT2D eigenvalue weighted by Crippen LogP contribution is -2.54. The summed E-state index contributed by atoms with van der Waals surface area (Å²) in [4.78, 5) is 52.6. The van der Waals surface area contributed by atoms with Crippen LogP contribution in [-0.4, -0.2) is 123 Å². The van der Waals surface area contributed by atoms with Gasteiger partial charge in [0, 0.05) is 81.6 Å². The van der Waals surface area contributed by atoms with Crippen molar-refractivity contribution in [3.63, 3.8) is 0 Å². The first-order chi connectivity index (χ1) is 24.3. The highest BCUT2D eigenvalue weighted by atomic mass is 35.5. The topological polar surface area (TPSA) is 123 Å². The Bertz CT molecular complexity index is 2080. The molecule has 8 rings (SSSR count). The molecule has 12 nitrogen and oxygen atoms in total. The number of rotatable bonds is 6. The number of carbonyl (C=O) groups is 2. The van der Waals surface area contributed by atoms with Crippen LogP contribution in [0.25, 0.3) is 32.7 Å². The Morgan fingerprint density at radius 2 is 1.60 bits per heavy atom. The molecule has 262 valence electrons. The third-order valence-electron chi connectivity index (χ3n) is 11.0. The molecule has 0 bridgehead atoms. The minimum Gasteiger partial charge on any atom is -0.436 e. The summed E-state index contributed by atoms with van der Waals surface area (Å²) in [7, 11) is 2.16. The summed E-state index contributed by atoms with van der Waals surface area (Å²) in [5, 5.41) is 10.4. The number of hydrogen-bond donors (Lipinski definition) is 2. The second kappa shape index (κ2) is 13.7. The molecule has 5 heterocycles. The number of nitrogens with zero attached hydrogens (tertiary/aromatic N) is 6. The minimum atomic E-state index is -0.995. The Morgan fingerprint density at radius 1 is 0.880 bits per heavy atom. The van der Waals surface area contributed by atoms with Gasteiger partial charge in [0.05, 0.1) is 27.8 Å². The number of nitrogens with one attached hydrogen (secondary N) is 2. The molecule has 3 fully saturated rings. The lowest BCUT2D eigenvalue weighted by atomic mass is 10.00. The number of hydrogen-bond acceptors (Lipinski definition) is 7. The zero-order valence-electron chi connectivity index (χ0n) is 28.3. The Labute approximate surface area is 294 Å². The number of carbonyl (C=O) groups excluding carboxylic acids is 2. The second-order valence-corrected chi connectivity index (χ2v) is 14.5. The quantitative estimate of drug-likeness (QED) is 0.265. The molecule has 0 spiro atoms. The van der Waals surface area contributed by atoms with Gasteiger partial charge in [-0.1, -0.05) is 41.9 Å². The number of likely N-dealkylation sites (tertiary alicyclic amines) is 2. The van der Waals surface area contributed by atoms with Crippen LogP contribution in [0, 0.1) is 0 Å². The van der Waals surface area contributed by atoms with Crippen LogP contribution >= 0.6 is 11.6 Å². The first-order valence-corrected chi connectivity index (χ1v) is 18.1. The van der Waals surface area contributed by atoms with E-state index in [0.29, 0.717) is 50.1 Å². The third-order valence-corrected chi connectivity index (χ3v) is 11.3. The minimum absolute atomic E-state index is 0.0654. The maximum atomic E-state index is 14.1. The van der Waals surface area contributed by atoms with Crippen molar-refractivity contribution in [2.24, 2.45) is 0 Å². The molecule has 1 atom stereocenters. The molecule has 13 heteroatoms. The van der Waals surface area contributed by atoms with E-state index >= 15 is 0 Å². The summed E-state index contributed by atoms with van der Waals surface area (Å²) in [5.41, 5.74) is 3.08. The number of piperazine rings is 1. The van der Waals surface area contributed by atoms with Gasteiger partial charge >= 0.3 is 11.8 Å². The number of piperidine rings is 2. The van der Waals surface area contributed by atoms with Crippen molar-refractivity contribution in [2.45, 2.75) is 50.3 Å². The maximum Gasteiger partial charge on any atom is 0.410 e.